The Hall–Kier alpha value is -2.45. The molecule has 1 aromatic carbocycles. The highest BCUT2D eigenvalue weighted by Crippen LogP contribution is 2.27. The van der Waals surface area contributed by atoms with Crippen LogP contribution in [0, 0.1) is 6.92 Å². The predicted octanol–water partition coefficient (Wildman–Crippen LogP) is 4.22. The number of esters is 1. The standard InChI is InChI=1S/C20H21N3O3S2/c1-4-26-18(24)10-14-11-27-20(21-14)23-19(25)13(3)28-17-9-12(2)15-7-5-6-8-16(15)22-17/h5-9,11,13H,4,10H2,1-3H3,(H,21,23,25). The van der Waals surface area contributed by atoms with Gasteiger partial charge in [0, 0.05) is 10.8 Å². The molecule has 0 bridgehead atoms. The van der Waals surface area contributed by atoms with Crippen LogP contribution in [0.5, 0.6) is 0 Å². The molecule has 2 aromatic heterocycles. The lowest BCUT2D eigenvalue weighted by Gasteiger charge is -2.11. The molecule has 146 valence electrons. The van der Waals surface area contributed by atoms with Gasteiger partial charge in [-0.15, -0.1) is 11.3 Å². The molecule has 6 nitrogen and oxygen atoms in total. The Bertz CT molecular complexity index is 1000. The number of thiazole rings is 1. The summed E-state index contributed by atoms with van der Waals surface area (Å²) in [6, 6.07) is 9.95. The highest BCUT2D eigenvalue weighted by molar-refractivity contribution is 8.00. The maximum Gasteiger partial charge on any atom is 0.311 e. The van der Waals surface area contributed by atoms with Crippen molar-refractivity contribution in [2.75, 3.05) is 11.9 Å². The van der Waals surface area contributed by atoms with E-state index in [0.717, 1.165) is 21.5 Å². The largest absolute Gasteiger partial charge is 0.466 e. The van der Waals surface area contributed by atoms with Gasteiger partial charge in [-0.3, -0.25) is 9.59 Å². The molecule has 1 amide bonds. The quantitative estimate of drug-likeness (QED) is 0.459. The van der Waals surface area contributed by atoms with Gasteiger partial charge in [0.2, 0.25) is 5.91 Å². The molecule has 2 heterocycles. The summed E-state index contributed by atoms with van der Waals surface area (Å²) in [5, 5.41) is 6.60. The summed E-state index contributed by atoms with van der Waals surface area (Å²) in [7, 11) is 0. The van der Waals surface area contributed by atoms with Crippen molar-refractivity contribution in [2.24, 2.45) is 0 Å². The van der Waals surface area contributed by atoms with Crippen LogP contribution in [-0.2, 0) is 20.7 Å². The zero-order valence-electron chi connectivity index (χ0n) is 15.9. The van der Waals surface area contributed by atoms with Crippen molar-refractivity contribution in [3.8, 4) is 0 Å². The van der Waals surface area contributed by atoms with Gasteiger partial charge in [-0.05, 0) is 38.5 Å². The summed E-state index contributed by atoms with van der Waals surface area (Å²) in [5.41, 5.74) is 2.64. The molecule has 1 atom stereocenters. The minimum Gasteiger partial charge on any atom is -0.466 e. The predicted molar refractivity (Wildman–Crippen MR) is 113 cm³/mol. The first kappa shape index (κ1) is 20.3. The van der Waals surface area contributed by atoms with Crippen LogP contribution in [0.4, 0.5) is 5.13 Å². The molecule has 0 saturated heterocycles. The Morgan fingerprint density at radius 2 is 2.07 bits per heavy atom. The number of ether oxygens (including phenoxy) is 1. The number of carbonyl (C=O) groups excluding carboxylic acids is 2. The average molecular weight is 416 g/mol. The molecule has 0 fully saturated rings. The molecule has 28 heavy (non-hydrogen) atoms. The van der Waals surface area contributed by atoms with Gasteiger partial charge >= 0.3 is 5.97 Å². The Balaban J connectivity index is 1.62. The summed E-state index contributed by atoms with van der Waals surface area (Å²) in [6.07, 6.45) is 0.102. The molecule has 3 rings (SSSR count). The highest BCUT2D eigenvalue weighted by Gasteiger charge is 2.18. The van der Waals surface area contributed by atoms with Gasteiger partial charge in [0.1, 0.15) is 0 Å². The van der Waals surface area contributed by atoms with Crippen LogP contribution in [0.2, 0.25) is 0 Å². The van der Waals surface area contributed by atoms with Crippen molar-refractivity contribution in [1.29, 1.82) is 0 Å². The summed E-state index contributed by atoms with van der Waals surface area (Å²) in [5.74, 6) is -0.484. The molecule has 1 N–H and O–H groups in total. The van der Waals surface area contributed by atoms with Crippen molar-refractivity contribution in [1.82, 2.24) is 9.97 Å². The van der Waals surface area contributed by atoms with E-state index in [2.05, 4.69) is 15.3 Å². The third-order valence-electron chi connectivity index (χ3n) is 3.98. The van der Waals surface area contributed by atoms with Gasteiger partial charge in [-0.1, -0.05) is 30.0 Å². The van der Waals surface area contributed by atoms with E-state index in [1.54, 1.807) is 12.3 Å². The summed E-state index contributed by atoms with van der Waals surface area (Å²) in [4.78, 5) is 33.0. The zero-order chi connectivity index (χ0) is 20.1. The van der Waals surface area contributed by atoms with Crippen molar-refractivity contribution >= 4 is 51.0 Å². The maximum atomic E-state index is 12.5. The molecule has 0 aliphatic heterocycles. The van der Waals surface area contributed by atoms with E-state index in [0.29, 0.717) is 17.4 Å². The van der Waals surface area contributed by atoms with Gasteiger partial charge in [-0.2, -0.15) is 0 Å². The Morgan fingerprint density at radius 1 is 1.29 bits per heavy atom. The number of pyridine rings is 1. The Morgan fingerprint density at radius 3 is 2.86 bits per heavy atom. The van der Waals surface area contributed by atoms with Gasteiger partial charge in [0.15, 0.2) is 5.13 Å². The second kappa shape index (κ2) is 9.16. The van der Waals surface area contributed by atoms with Crippen LogP contribution >= 0.6 is 23.1 Å². The molecule has 0 spiro atoms. The van der Waals surface area contributed by atoms with E-state index in [4.69, 9.17) is 4.74 Å². The first-order valence-corrected chi connectivity index (χ1v) is 10.7. The van der Waals surface area contributed by atoms with E-state index in [-0.39, 0.29) is 23.5 Å². The number of hydrogen-bond acceptors (Lipinski definition) is 7. The van der Waals surface area contributed by atoms with Crippen molar-refractivity contribution in [2.45, 2.75) is 37.5 Å². The van der Waals surface area contributed by atoms with Crippen molar-refractivity contribution < 1.29 is 14.3 Å². The van der Waals surface area contributed by atoms with Crippen LogP contribution in [0.15, 0.2) is 40.7 Å². The van der Waals surface area contributed by atoms with E-state index >= 15 is 0 Å². The Labute approximate surface area is 171 Å². The molecule has 0 aliphatic carbocycles. The summed E-state index contributed by atoms with van der Waals surface area (Å²) in [6.45, 7) is 5.97. The van der Waals surface area contributed by atoms with Crippen LogP contribution in [-0.4, -0.2) is 33.7 Å². The SMILES string of the molecule is CCOC(=O)Cc1csc(NC(=O)C(C)Sc2cc(C)c3ccccc3n2)n1. The number of aromatic nitrogens is 2. The monoisotopic (exact) mass is 415 g/mol. The van der Waals surface area contributed by atoms with E-state index in [9.17, 15) is 9.59 Å². The van der Waals surface area contributed by atoms with Gasteiger partial charge in [-0.25, -0.2) is 9.97 Å². The second-order valence-electron chi connectivity index (χ2n) is 6.17. The van der Waals surface area contributed by atoms with E-state index in [1.165, 1.54) is 23.1 Å². The lowest BCUT2D eigenvalue weighted by atomic mass is 10.1. The molecular formula is C20H21N3O3S2. The highest BCUT2D eigenvalue weighted by atomic mass is 32.2. The molecule has 0 saturated carbocycles. The average Bonchev–Trinajstić information content (AvgIpc) is 3.08. The fraction of sp³-hybridized carbons (Fsp3) is 0.300. The lowest BCUT2D eigenvalue weighted by Crippen LogP contribution is -2.22. The van der Waals surface area contributed by atoms with Gasteiger partial charge in [0.05, 0.1) is 34.5 Å². The fourth-order valence-electron chi connectivity index (χ4n) is 2.63. The number of thioether (sulfide) groups is 1. The first-order chi connectivity index (χ1) is 13.5. The van der Waals surface area contributed by atoms with Crippen molar-refractivity contribution in [3.63, 3.8) is 0 Å². The zero-order valence-corrected chi connectivity index (χ0v) is 17.5. The van der Waals surface area contributed by atoms with Gasteiger partial charge in [0.25, 0.3) is 0 Å². The van der Waals surface area contributed by atoms with E-state index < -0.39 is 0 Å². The number of amides is 1. The van der Waals surface area contributed by atoms with Crippen LogP contribution in [0.3, 0.4) is 0 Å². The minimum atomic E-state index is -0.342. The fourth-order valence-corrected chi connectivity index (χ4v) is 4.26. The number of aryl methyl sites for hydroxylation is 1. The number of fused-ring (bicyclic) bond motifs is 1. The topological polar surface area (TPSA) is 81.2 Å². The third-order valence-corrected chi connectivity index (χ3v) is 5.80. The number of para-hydroxylation sites is 1. The summed E-state index contributed by atoms with van der Waals surface area (Å²) >= 11 is 2.69. The van der Waals surface area contributed by atoms with E-state index in [1.807, 2.05) is 44.2 Å². The molecule has 1 unspecified atom stereocenters. The number of benzene rings is 1. The first-order valence-electron chi connectivity index (χ1n) is 8.90. The number of nitrogens with zero attached hydrogens (tertiary/aromatic N) is 2. The number of rotatable bonds is 7. The van der Waals surface area contributed by atoms with Crippen LogP contribution in [0.25, 0.3) is 10.9 Å². The number of anilines is 1. The Kier molecular flexibility index (Phi) is 6.64. The van der Waals surface area contributed by atoms with Crippen LogP contribution < -0.4 is 5.32 Å². The molecular weight excluding hydrogens is 394 g/mol. The second-order valence-corrected chi connectivity index (χ2v) is 8.39. The number of carbonyl (C=O) groups is 2. The minimum absolute atomic E-state index is 0.102. The van der Waals surface area contributed by atoms with Gasteiger partial charge < -0.3 is 10.1 Å². The molecule has 3 aromatic rings. The number of nitrogens with one attached hydrogen (secondary N) is 1. The van der Waals surface area contributed by atoms with Crippen molar-refractivity contribution in [3.05, 3.63) is 47.0 Å². The summed E-state index contributed by atoms with van der Waals surface area (Å²) < 4.78 is 4.91. The van der Waals surface area contributed by atoms with Crippen LogP contribution in [0.1, 0.15) is 25.1 Å². The smallest absolute Gasteiger partial charge is 0.311 e. The molecule has 0 aliphatic rings. The molecule has 8 heteroatoms. The molecule has 0 radical (unpaired) electrons. The lowest BCUT2D eigenvalue weighted by molar-refractivity contribution is -0.142. The number of hydrogen-bond donors (Lipinski definition) is 1. The maximum absolute atomic E-state index is 12.5. The normalized spacial score (nSPS) is 12.0. The third kappa shape index (κ3) is 5.08.